The molecule has 0 unspecified atom stereocenters. The fourth-order valence-electron chi connectivity index (χ4n) is 2.65. The normalized spacial score (nSPS) is 11.0. The van der Waals surface area contributed by atoms with Gasteiger partial charge in [-0.3, -0.25) is 10.1 Å². The molecule has 0 aromatic heterocycles. The minimum Gasteiger partial charge on any atom is -0.488 e. The maximum absolute atomic E-state index is 12.6. The molecule has 3 aromatic rings. The van der Waals surface area contributed by atoms with Gasteiger partial charge in [0.1, 0.15) is 17.9 Å². The number of urea groups is 1. The molecule has 9 heteroatoms. The molecule has 2 N–H and O–H groups in total. The zero-order valence-electron chi connectivity index (χ0n) is 15.9. The third-order valence-electron chi connectivity index (χ3n) is 4.14. The van der Waals surface area contributed by atoms with E-state index in [1.165, 1.54) is 12.1 Å². The monoisotopic (exact) mass is 448 g/mol. The first-order chi connectivity index (χ1) is 14.7. The molecule has 0 fully saturated rings. The Labute approximate surface area is 180 Å². The number of ether oxygens (including phenoxy) is 1. The van der Waals surface area contributed by atoms with Crippen LogP contribution in [0, 0.1) is 0 Å². The average Bonchev–Trinajstić information content (AvgIpc) is 2.72. The fourth-order valence-corrected chi connectivity index (χ4v) is 2.90. The van der Waals surface area contributed by atoms with Crippen LogP contribution >= 0.6 is 11.6 Å². The number of amides is 3. The van der Waals surface area contributed by atoms with Gasteiger partial charge in [-0.1, -0.05) is 48.0 Å². The van der Waals surface area contributed by atoms with Crippen LogP contribution in [0.3, 0.4) is 0 Å². The van der Waals surface area contributed by atoms with Crippen molar-refractivity contribution >= 4 is 29.2 Å². The third kappa shape index (κ3) is 5.99. The number of carbonyl (C=O) groups excluding carboxylic acids is 2. The smallest absolute Gasteiger partial charge is 0.416 e. The molecule has 5 nitrogen and oxygen atoms in total. The van der Waals surface area contributed by atoms with Gasteiger partial charge in [0, 0.05) is 5.69 Å². The van der Waals surface area contributed by atoms with E-state index in [9.17, 15) is 22.8 Å². The lowest BCUT2D eigenvalue weighted by molar-refractivity contribution is -0.137. The van der Waals surface area contributed by atoms with Crippen molar-refractivity contribution in [1.82, 2.24) is 5.32 Å². The van der Waals surface area contributed by atoms with Crippen LogP contribution in [0.2, 0.25) is 5.02 Å². The summed E-state index contributed by atoms with van der Waals surface area (Å²) in [5, 5.41) is 4.46. The molecular weight excluding hydrogens is 433 g/mol. The number of hydrogen-bond acceptors (Lipinski definition) is 3. The lowest BCUT2D eigenvalue weighted by Crippen LogP contribution is -2.34. The molecule has 0 radical (unpaired) electrons. The van der Waals surface area contributed by atoms with Crippen molar-refractivity contribution in [2.45, 2.75) is 12.8 Å². The minimum atomic E-state index is -4.49. The molecule has 0 saturated carbocycles. The summed E-state index contributed by atoms with van der Waals surface area (Å²) < 4.78 is 43.5. The molecule has 0 aliphatic rings. The molecule has 0 spiro atoms. The van der Waals surface area contributed by atoms with Gasteiger partial charge in [-0.05, 0) is 42.0 Å². The average molecular weight is 449 g/mol. The van der Waals surface area contributed by atoms with E-state index in [1.54, 1.807) is 6.07 Å². The van der Waals surface area contributed by atoms with Gasteiger partial charge in [-0.15, -0.1) is 0 Å². The molecule has 0 aliphatic heterocycles. The molecule has 3 amide bonds. The summed E-state index contributed by atoms with van der Waals surface area (Å²) in [6.07, 6.45) is -4.49. The van der Waals surface area contributed by atoms with E-state index in [1.807, 2.05) is 30.3 Å². The first-order valence-corrected chi connectivity index (χ1v) is 9.36. The molecule has 3 rings (SSSR count). The van der Waals surface area contributed by atoms with Crippen LogP contribution in [0.5, 0.6) is 5.75 Å². The summed E-state index contributed by atoms with van der Waals surface area (Å²) in [6.45, 7) is 0.180. The lowest BCUT2D eigenvalue weighted by atomic mass is 10.2. The van der Waals surface area contributed by atoms with Crippen molar-refractivity contribution in [3.05, 3.63) is 94.5 Å². The predicted molar refractivity (Wildman–Crippen MR) is 110 cm³/mol. The van der Waals surface area contributed by atoms with Crippen molar-refractivity contribution in [2.24, 2.45) is 0 Å². The second-order valence-electron chi connectivity index (χ2n) is 6.37. The van der Waals surface area contributed by atoms with E-state index in [2.05, 4.69) is 10.6 Å². The number of benzene rings is 3. The Kier molecular flexibility index (Phi) is 6.81. The number of nitrogens with one attached hydrogen (secondary N) is 2. The summed E-state index contributed by atoms with van der Waals surface area (Å²) in [6, 6.07) is 16.7. The molecule has 0 atom stereocenters. The van der Waals surface area contributed by atoms with E-state index >= 15 is 0 Å². The zero-order valence-corrected chi connectivity index (χ0v) is 16.6. The number of alkyl halides is 3. The van der Waals surface area contributed by atoms with Crippen LogP contribution in [-0.2, 0) is 12.8 Å². The Morgan fingerprint density at radius 2 is 1.58 bits per heavy atom. The summed E-state index contributed by atoms with van der Waals surface area (Å²) in [4.78, 5) is 24.7. The highest BCUT2D eigenvalue weighted by atomic mass is 35.5. The molecule has 0 saturated heterocycles. The van der Waals surface area contributed by atoms with Gasteiger partial charge in [0.25, 0.3) is 5.91 Å². The van der Waals surface area contributed by atoms with Gasteiger partial charge in [0.15, 0.2) is 0 Å². The zero-order chi connectivity index (χ0) is 22.4. The number of anilines is 1. The van der Waals surface area contributed by atoms with Crippen molar-refractivity contribution < 1.29 is 27.5 Å². The van der Waals surface area contributed by atoms with E-state index in [0.29, 0.717) is 0 Å². The first-order valence-electron chi connectivity index (χ1n) is 8.99. The highest BCUT2D eigenvalue weighted by Crippen LogP contribution is 2.30. The minimum absolute atomic E-state index is 0.0392. The SMILES string of the molecule is O=C(NC(=O)c1c(Cl)cccc1OCc1ccccc1)Nc1ccc(C(F)(F)F)cc1. The van der Waals surface area contributed by atoms with E-state index in [0.717, 1.165) is 29.8 Å². The second-order valence-corrected chi connectivity index (χ2v) is 6.78. The Balaban J connectivity index is 1.67. The topological polar surface area (TPSA) is 67.4 Å². The maximum atomic E-state index is 12.6. The summed E-state index contributed by atoms with van der Waals surface area (Å²) in [5.74, 6) is -0.644. The second kappa shape index (κ2) is 9.53. The Hall–Kier alpha value is -3.52. The fraction of sp³-hybridized carbons (Fsp3) is 0.0909. The van der Waals surface area contributed by atoms with Gasteiger partial charge in [0.2, 0.25) is 0 Å². The molecule has 3 aromatic carbocycles. The largest absolute Gasteiger partial charge is 0.488 e. The van der Waals surface area contributed by atoms with Gasteiger partial charge in [-0.2, -0.15) is 13.2 Å². The van der Waals surface area contributed by atoms with Gasteiger partial charge >= 0.3 is 12.2 Å². The van der Waals surface area contributed by atoms with Crippen LogP contribution < -0.4 is 15.4 Å². The lowest BCUT2D eigenvalue weighted by Gasteiger charge is -2.13. The number of hydrogen-bond donors (Lipinski definition) is 2. The summed E-state index contributed by atoms with van der Waals surface area (Å²) in [7, 11) is 0. The van der Waals surface area contributed by atoms with Gasteiger partial charge in [0.05, 0.1) is 10.6 Å². The number of carbonyl (C=O) groups is 2. The van der Waals surface area contributed by atoms with Crippen LogP contribution in [0.25, 0.3) is 0 Å². The molecular formula is C22H16ClF3N2O3. The van der Waals surface area contributed by atoms with Crippen molar-refractivity contribution in [3.8, 4) is 5.75 Å². The summed E-state index contributed by atoms with van der Waals surface area (Å²) in [5.41, 5.74) is 0.0559. The number of imide groups is 1. The van der Waals surface area contributed by atoms with E-state index in [4.69, 9.17) is 16.3 Å². The Bertz CT molecular complexity index is 1070. The third-order valence-corrected chi connectivity index (χ3v) is 4.45. The highest BCUT2D eigenvalue weighted by Gasteiger charge is 2.30. The van der Waals surface area contributed by atoms with Crippen LogP contribution in [0.1, 0.15) is 21.5 Å². The molecule has 31 heavy (non-hydrogen) atoms. The van der Waals surface area contributed by atoms with E-state index in [-0.39, 0.29) is 28.6 Å². The molecule has 0 bridgehead atoms. The number of halogens is 4. The van der Waals surface area contributed by atoms with Crippen LogP contribution in [0.4, 0.5) is 23.7 Å². The van der Waals surface area contributed by atoms with Gasteiger partial charge < -0.3 is 10.1 Å². The Morgan fingerprint density at radius 1 is 0.903 bits per heavy atom. The quantitative estimate of drug-likeness (QED) is 0.510. The maximum Gasteiger partial charge on any atom is 0.416 e. The summed E-state index contributed by atoms with van der Waals surface area (Å²) >= 11 is 6.13. The molecule has 0 heterocycles. The van der Waals surface area contributed by atoms with Crippen molar-refractivity contribution in [3.63, 3.8) is 0 Å². The number of rotatable bonds is 5. The van der Waals surface area contributed by atoms with Crippen molar-refractivity contribution in [2.75, 3.05) is 5.32 Å². The van der Waals surface area contributed by atoms with Gasteiger partial charge in [-0.25, -0.2) is 4.79 Å². The van der Waals surface area contributed by atoms with Crippen molar-refractivity contribution in [1.29, 1.82) is 0 Å². The first kappa shape index (κ1) is 22.2. The van der Waals surface area contributed by atoms with Crippen LogP contribution in [0.15, 0.2) is 72.8 Å². The predicted octanol–water partition coefficient (Wildman–Crippen LogP) is 5.90. The molecule has 160 valence electrons. The Morgan fingerprint density at radius 3 is 2.23 bits per heavy atom. The molecule has 0 aliphatic carbocycles. The standard InChI is InChI=1S/C22H16ClF3N2O3/c23-17-7-4-8-18(31-13-14-5-2-1-3-6-14)19(17)20(29)28-21(30)27-16-11-9-15(10-12-16)22(24,25)26/h1-12H,13H2,(H2,27,28,29,30). The van der Waals surface area contributed by atoms with Crippen LogP contribution in [-0.4, -0.2) is 11.9 Å². The highest BCUT2D eigenvalue weighted by molar-refractivity contribution is 6.34. The van der Waals surface area contributed by atoms with E-state index < -0.39 is 23.7 Å².